The second-order valence-electron chi connectivity index (χ2n) is 7.56. The van der Waals surface area contributed by atoms with Gasteiger partial charge in [-0.15, -0.1) is 0 Å². The average Bonchev–Trinajstić information content (AvgIpc) is 2.89. The van der Waals surface area contributed by atoms with E-state index in [0.717, 1.165) is 23.8 Å². The summed E-state index contributed by atoms with van der Waals surface area (Å²) < 4.78 is 0. The van der Waals surface area contributed by atoms with Gasteiger partial charge < -0.3 is 5.32 Å². The lowest BCUT2D eigenvalue weighted by atomic mass is 10.1. The third-order valence-electron chi connectivity index (χ3n) is 4.86. The lowest BCUT2D eigenvalue weighted by Crippen LogP contribution is -2.47. The molecule has 190 valence electrons. The summed E-state index contributed by atoms with van der Waals surface area (Å²) in [6.07, 6.45) is 1.40. The number of nitrogens with zero attached hydrogens (tertiary/aromatic N) is 3. The van der Waals surface area contributed by atoms with Crippen molar-refractivity contribution in [1.29, 1.82) is 0 Å². The summed E-state index contributed by atoms with van der Waals surface area (Å²) >= 11 is 7.22. The minimum atomic E-state index is -1.10. The molecule has 2 N–H and O–H groups in total. The molecule has 2 amide bonds. The Morgan fingerprint density at radius 2 is 1.59 bits per heavy atom. The quantitative estimate of drug-likeness (QED) is 0.207. The van der Waals surface area contributed by atoms with Crippen LogP contribution in [0.15, 0.2) is 77.9 Å². The van der Waals surface area contributed by atoms with Crippen molar-refractivity contribution in [1.82, 2.24) is 10.7 Å². The van der Waals surface area contributed by atoms with Crippen LogP contribution >= 0.6 is 23.4 Å². The molecule has 0 fully saturated rings. The van der Waals surface area contributed by atoms with Crippen LogP contribution in [0, 0.1) is 20.2 Å². The van der Waals surface area contributed by atoms with Crippen molar-refractivity contribution >= 4 is 52.8 Å². The first-order valence-corrected chi connectivity index (χ1v) is 12.2. The molecule has 3 aromatic rings. The highest BCUT2D eigenvalue weighted by molar-refractivity contribution is 7.98. The summed E-state index contributed by atoms with van der Waals surface area (Å²) in [7, 11) is 0. The predicted octanol–water partition coefficient (Wildman–Crippen LogP) is 4.34. The number of hydrazone groups is 1. The zero-order chi connectivity index (χ0) is 26.8. The molecule has 3 rings (SSSR count). The first-order valence-electron chi connectivity index (χ1n) is 10.7. The Bertz CT molecular complexity index is 1290. The summed E-state index contributed by atoms with van der Waals surface area (Å²) in [5, 5.41) is 29.3. The normalized spacial score (nSPS) is 11.6. The van der Waals surface area contributed by atoms with Gasteiger partial charge in [0.05, 0.1) is 27.7 Å². The van der Waals surface area contributed by atoms with Gasteiger partial charge in [-0.1, -0.05) is 54.1 Å². The van der Waals surface area contributed by atoms with Crippen molar-refractivity contribution in [3.63, 3.8) is 0 Å². The van der Waals surface area contributed by atoms with Crippen molar-refractivity contribution in [2.24, 2.45) is 5.10 Å². The number of nitrogens with one attached hydrogen (secondary N) is 2. The van der Waals surface area contributed by atoms with Crippen LogP contribution in [0.4, 0.5) is 11.4 Å². The van der Waals surface area contributed by atoms with Crippen molar-refractivity contribution in [2.45, 2.75) is 11.8 Å². The fraction of sp³-hybridized carbons (Fsp3) is 0.125. The highest BCUT2D eigenvalue weighted by Gasteiger charge is 2.25. The summed E-state index contributed by atoms with van der Waals surface area (Å²) in [6.45, 7) is 0. The summed E-state index contributed by atoms with van der Waals surface area (Å²) in [5.74, 6) is -0.829. The maximum Gasteiger partial charge on any atom is 0.277 e. The molecular weight excluding hydrogens is 522 g/mol. The number of carbonyl (C=O) groups excluding carboxylic acids is 2. The van der Waals surface area contributed by atoms with E-state index in [1.165, 1.54) is 18.0 Å². The van der Waals surface area contributed by atoms with Gasteiger partial charge in [0, 0.05) is 28.7 Å². The van der Waals surface area contributed by atoms with Gasteiger partial charge in [-0.3, -0.25) is 29.8 Å². The number of carbonyl (C=O) groups is 2. The average molecular weight is 542 g/mol. The summed E-state index contributed by atoms with van der Waals surface area (Å²) in [6, 6.07) is 17.7. The maximum absolute atomic E-state index is 12.9. The Morgan fingerprint density at radius 3 is 2.19 bits per heavy atom. The number of amides is 2. The van der Waals surface area contributed by atoms with Crippen LogP contribution in [0.5, 0.6) is 0 Å². The van der Waals surface area contributed by atoms with Gasteiger partial charge in [-0.05, 0) is 23.3 Å². The van der Waals surface area contributed by atoms with Crippen LogP contribution in [-0.2, 0) is 10.5 Å². The molecular formula is C24H20ClN5O6S. The van der Waals surface area contributed by atoms with E-state index in [1.807, 2.05) is 30.3 Å². The molecule has 0 saturated heterocycles. The lowest BCUT2D eigenvalue weighted by Gasteiger charge is -2.17. The second-order valence-corrected chi connectivity index (χ2v) is 9.03. The van der Waals surface area contributed by atoms with E-state index in [0.29, 0.717) is 16.3 Å². The Morgan fingerprint density at radius 1 is 0.973 bits per heavy atom. The highest BCUT2D eigenvalue weighted by Crippen LogP contribution is 2.23. The summed E-state index contributed by atoms with van der Waals surface area (Å²) in [4.78, 5) is 46.4. The van der Waals surface area contributed by atoms with Crippen LogP contribution in [-0.4, -0.2) is 39.7 Å². The zero-order valence-electron chi connectivity index (χ0n) is 19.1. The molecule has 0 heterocycles. The number of rotatable bonds is 11. The first kappa shape index (κ1) is 27.3. The number of nitro groups is 2. The van der Waals surface area contributed by atoms with E-state index in [9.17, 15) is 29.8 Å². The highest BCUT2D eigenvalue weighted by atomic mass is 35.5. The molecule has 0 aliphatic rings. The molecule has 0 aliphatic heterocycles. The van der Waals surface area contributed by atoms with Gasteiger partial charge in [0.15, 0.2) is 0 Å². The van der Waals surface area contributed by atoms with E-state index < -0.39 is 39.1 Å². The number of hydrogen-bond acceptors (Lipinski definition) is 8. The standard InChI is InChI=1S/C24H20ClN5O6S/c25-19-8-6-16(7-9-19)13-26-28-24(32)22(15-37-14-17-4-2-1-3-5-17)27-23(31)18-10-20(29(33)34)12-21(11-18)30(35)36/h1-13,22H,14-15H2,(H,27,31)(H,28,32)/b26-13-/t22-/m0/s1. The molecule has 0 saturated carbocycles. The van der Waals surface area contributed by atoms with Crippen molar-refractivity contribution in [3.8, 4) is 0 Å². The van der Waals surface area contributed by atoms with Gasteiger partial charge >= 0.3 is 0 Å². The van der Waals surface area contributed by atoms with E-state index in [4.69, 9.17) is 11.6 Å². The predicted molar refractivity (Wildman–Crippen MR) is 141 cm³/mol. The van der Waals surface area contributed by atoms with Gasteiger partial charge in [-0.2, -0.15) is 16.9 Å². The Kier molecular flexibility index (Phi) is 9.69. The molecule has 0 radical (unpaired) electrons. The fourth-order valence-electron chi connectivity index (χ4n) is 3.03. The maximum atomic E-state index is 12.9. The smallest absolute Gasteiger partial charge is 0.277 e. The van der Waals surface area contributed by atoms with Gasteiger partial charge in [0.25, 0.3) is 23.2 Å². The van der Waals surface area contributed by atoms with Crippen LogP contribution < -0.4 is 10.7 Å². The van der Waals surface area contributed by atoms with Crippen LogP contribution in [0.1, 0.15) is 21.5 Å². The largest absolute Gasteiger partial charge is 0.339 e. The third-order valence-corrected chi connectivity index (χ3v) is 6.22. The van der Waals surface area contributed by atoms with Gasteiger partial charge in [-0.25, -0.2) is 5.43 Å². The van der Waals surface area contributed by atoms with Crippen LogP contribution in [0.25, 0.3) is 0 Å². The Labute approximate surface area is 220 Å². The minimum absolute atomic E-state index is 0.139. The zero-order valence-corrected chi connectivity index (χ0v) is 20.6. The molecule has 11 nitrogen and oxygen atoms in total. The molecule has 0 spiro atoms. The molecule has 3 aromatic carbocycles. The number of benzene rings is 3. The van der Waals surface area contributed by atoms with Crippen LogP contribution in [0.3, 0.4) is 0 Å². The Hall–Kier alpha value is -4.29. The minimum Gasteiger partial charge on any atom is -0.339 e. The summed E-state index contributed by atoms with van der Waals surface area (Å²) in [5.41, 5.74) is 2.48. The van der Waals surface area contributed by atoms with E-state index in [1.54, 1.807) is 24.3 Å². The number of non-ortho nitro benzene ring substituents is 2. The lowest BCUT2D eigenvalue weighted by molar-refractivity contribution is -0.394. The van der Waals surface area contributed by atoms with E-state index in [-0.39, 0.29) is 11.3 Å². The van der Waals surface area contributed by atoms with Gasteiger partial charge in [0.2, 0.25) is 0 Å². The SMILES string of the molecule is O=C(N[C@@H](CSCc1ccccc1)C(=O)N/N=C\c1ccc(Cl)cc1)c1cc([N+](=O)[O-])cc([N+](=O)[O-])c1. The monoisotopic (exact) mass is 541 g/mol. The molecule has 37 heavy (non-hydrogen) atoms. The molecule has 0 aliphatic carbocycles. The third kappa shape index (κ3) is 8.40. The molecule has 13 heteroatoms. The number of nitro benzene ring substituents is 2. The van der Waals surface area contributed by atoms with Crippen molar-refractivity contribution < 1.29 is 19.4 Å². The first-order chi connectivity index (χ1) is 17.7. The van der Waals surface area contributed by atoms with Crippen molar-refractivity contribution in [3.05, 3.63) is 115 Å². The number of thioether (sulfide) groups is 1. The van der Waals surface area contributed by atoms with Crippen LogP contribution in [0.2, 0.25) is 5.02 Å². The van der Waals surface area contributed by atoms with E-state index in [2.05, 4.69) is 15.8 Å². The molecule has 0 bridgehead atoms. The van der Waals surface area contributed by atoms with E-state index >= 15 is 0 Å². The Balaban J connectivity index is 1.75. The molecule has 0 aromatic heterocycles. The fourth-order valence-corrected chi connectivity index (χ4v) is 4.17. The topological polar surface area (TPSA) is 157 Å². The van der Waals surface area contributed by atoms with Crippen molar-refractivity contribution in [2.75, 3.05) is 5.75 Å². The number of hydrogen-bond donors (Lipinski definition) is 2. The molecule has 0 unspecified atom stereocenters. The molecule has 1 atom stereocenters. The van der Waals surface area contributed by atoms with Gasteiger partial charge in [0.1, 0.15) is 6.04 Å². The number of halogens is 1. The second kappa shape index (κ2) is 13.1.